The zero-order chi connectivity index (χ0) is 12.0. The quantitative estimate of drug-likeness (QED) is 0.155. The predicted molar refractivity (Wildman–Crippen MR) is 63.7 cm³/mol. The number of nitrogens with two attached hydrogens (primary N) is 4. The molecule has 0 aliphatic rings. The Labute approximate surface area is 92.4 Å². The Hall–Kier alpha value is -2.32. The molecule has 1 aromatic rings. The molecule has 0 saturated heterocycles. The van der Waals surface area contributed by atoms with Crippen LogP contribution in [0.5, 0.6) is 0 Å². The lowest BCUT2D eigenvalue weighted by atomic mass is 10.3. The second-order valence-corrected chi connectivity index (χ2v) is 2.80. The highest BCUT2D eigenvalue weighted by Gasteiger charge is 1.95. The van der Waals surface area contributed by atoms with Crippen LogP contribution in [0.25, 0.3) is 0 Å². The van der Waals surface area contributed by atoms with Crippen LogP contribution >= 0.6 is 0 Å². The Bertz CT molecular complexity index is 375. The Morgan fingerprint density at radius 3 is 1.75 bits per heavy atom. The summed E-state index contributed by atoms with van der Waals surface area (Å²) in [5.41, 5.74) is 16.4. The number of benzene rings is 1. The third-order valence-corrected chi connectivity index (χ3v) is 1.62. The van der Waals surface area contributed by atoms with Crippen molar-refractivity contribution in [2.75, 3.05) is 0 Å². The van der Waals surface area contributed by atoms with E-state index >= 15 is 0 Å². The lowest BCUT2D eigenvalue weighted by molar-refractivity contribution is 1.01. The summed E-state index contributed by atoms with van der Waals surface area (Å²) in [5.74, 6) is 10.4. The van der Waals surface area contributed by atoms with Gasteiger partial charge in [-0.2, -0.15) is 0 Å². The average Bonchev–Trinajstić information content (AvgIpc) is 2.29. The van der Waals surface area contributed by atoms with Crippen LogP contribution in [0.1, 0.15) is 0 Å². The van der Waals surface area contributed by atoms with Gasteiger partial charge in [0.1, 0.15) is 0 Å². The average molecular weight is 222 g/mol. The van der Waals surface area contributed by atoms with Gasteiger partial charge >= 0.3 is 0 Å². The minimum absolute atomic E-state index is 0.103. The fourth-order valence-corrected chi connectivity index (χ4v) is 0.975. The van der Waals surface area contributed by atoms with Crippen molar-refractivity contribution in [1.82, 2.24) is 10.9 Å². The normalized spacial score (nSPS) is 12.4. The van der Waals surface area contributed by atoms with E-state index in [1.807, 2.05) is 0 Å². The zero-order valence-corrected chi connectivity index (χ0v) is 8.51. The first kappa shape index (κ1) is 11.8. The summed E-state index contributed by atoms with van der Waals surface area (Å²) >= 11 is 0. The van der Waals surface area contributed by atoms with Gasteiger partial charge in [-0.15, -0.1) is 0 Å². The Kier molecular flexibility index (Phi) is 4.07. The number of hydrogen-bond donors (Lipinski definition) is 6. The van der Waals surface area contributed by atoms with E-state index in [4.69, 9.17) is 23.2 Å². The summed E-state index contributed by atoms with van der Waals surface area (Å²) in [6.07, 6.45) is 0. The van der Waals surface area contributed by atoms with Gasteiger partial charge in [-0.3, -0.25) is 10.9 Å². The topological polar surface area (TPSA) is 153 Å². The van der Waals surface area contributed by atoms with Crippen molar-refractivity contribution in [2.24, 2.45) is 33.1 Å². The maximum atomic E-state index is 5.40. The second-order valence-electron chi connectivity index (χ2n) is 2.80. The molecule has 0 heterocycles. The highest BCUT2D eigenvalue weighted by atomic mass is 15.3. The van der Waals surface area contributed by atoms with E-state index in [2.05, 4.69) is 20.8 Å². The van der Waals surface area contributed by atoms with E-state index in [-0.39, 0.29) is 11.9 Å². The maximum absolute atomic E-state index is 5.40. The summed E-state index contributed by atoms with van der Waals surface area (Å²) in [6.45, 7) is 0. The van der Waals surface area contributed by atoms with Crippen molar-refractivity contribution in [3.8, 4) is 0 Å². The summed E-state index contributed by atoms with van der Waals surface area (Å²) in [6, 6.07) is 6.92. The lowest BCUT2D eigenvalue weighted by Gasteiger charge is -2.01. The summed E-state index contributed by atoms with van der Waals surface area (Å²) in [4.78, 5) is 7.94. The van der Waals surface area contributed by atoms with Gasteiger partial charge < -0.3 is 11.5 Å². The molecule has 0 saturated carbocycles. The number of aliphatic imine (C=N–C) groups is 2. The Morgan fingerprint density at radius 2 is 1.38 bits per heavy atom. The molecule has 10 N–H and O–H groups in total. The predicted octanol–water partition coefficient (Wildman–Crippen LogP) is -1.49. The van der Waals surface area contributed by atoms with Crippen LogP contribution in [0.2, 0.25) is 0 Å². The molecule has 8 nitrogen and oxygen atoms in total. The molecular formula is C8H14N8. The van der Waals surface area contributed by atoms with Crippen molar-refractivity contribution in [3.05, 3.63) is 24.3 Å². The van der Waals surface area contributed by atoms with Crippen LogP contribution < -0.4 is 34.0 Å². The molecule has 0 aliphatic carbocycles. The van der Waals surface area contributed by atoms with Crippen LogP contribution in [0.4, 0.5) is 11.4 Å². The zero-order valence-electron chi connectivity index (χ0n) is 8.51. The van der Waals surface area contributed by atoms with Crippen LogP contribution in [-0.2, 0) is 0 Å². The fourth-order valence-electron chi connectivity index (χ4n) is 0.975. The molecule has 0 aliphatic heterocycles. The van der Waals surface area contributed by atoms with Gasteiger partial charge in [0.2, 0.25) is 11.9 Å². The number of hydrogen-bond acceptors (Lipinski definition) is 4. The number of guanidine groups is 2. The number of rotatable bonds is 2. The largest absolute Gasteiger partial charge is 0.369 e. The minimum atomic E-state index is 0.103. The molecule has 0 aromatic heterocycles. The molecule has 1 rings (SSSR count). The molecule has 86 valence electrons. The number of nitrogens with one attached hydrogen (secondary N) is 2. The molecule has 0 amide bonds. The van der Waals surface area contributed by atoms with Gasteiger partial charge in [0.25, 0.3) is 0 Å². The monoisotopic (exact) mass is 222 g/mol. The molecule has 0 radical (unpaired) electrons. The van der Waals surface area contributed by atoms with E-state index in [0.29, 0.717) is 11.4 Å². The van der Waals surface area contributed by atoms with E-state index < -0.39 is 0 Å². The molecule has 8 heteroatoms. The van der Waals surface area contributed by atoms with Crippen LogP contribution in [0.3, 0.4) is 0 Å². The molecule has 0 atom stereocenters. The molecule has 16 heavy (non-hydrogen) atoms. The fraction of sp³-hybridized carbons (Fsp3) is 0. The van der Waals surface area contributed by atoms with Gasteiger partial charge in [-0.05, 0) is 18.2 Å². The van der Waals surface area contributed by atoms with Crippen molar-refractivity contribution in [2.45, 2.75) is 0 Å². The molecular weight excluding hydrogens is 208 g/mol. The van der Waals surface area contributed by atoms with Crippen molar-refractivity contribution in [3.63, 3.8) is 0 Å². The molecule has 0 fully saturated rings. The first-order chi connectivity index (χ1) is 7.65. The van der Waals surface area contributed by atoms with Crippen molar-refractivity contribution < 1.29 is 0 Å². The van der Waals surface area contributed by atoms with Gasteiger partial charge in [0.05, 0.1) is 11.4 Å². The van der Waals surface area contributed by atoms with Gasteiger partial charge in [-0.1, -0.05) is 6.07 Å². The van der Waals surface area contributed by atoms with E-state index in [1.165, 1.54) is 0 Å². The molecule has 0 spiro atoms. The summed E-state index contributed by atoms with van der Waals surface area (Å²) in [5, 5.41) is 0. The number of hydrazine groups is 2. The SMILES string of the molecule is NNC(N)=Nc1cccc(N=C(N)NN)c1. The maximum Gasteiger partial charge on any atom is 0.208 e. The van der Waals surface area contributed by atoms with E-state index in [9.17, 15) is 0 Å². The van der Waals surface area contributed by atoms with Gasteiger partial charge in [0.15, 0.2) is 0 Å². The highest BCUT2D eigenvalue weighted by molar-refractivity contribution is 5.82. The van der Waals surface area contributed by atoms with Crippen LogP contribution in [-0.4, -0.2) is 11.9 Å². The third-order valence-electron chi connectivity index (χ3n) is 1.62. The van der Waals surface area contributed by atoms with E-state index in [0.717, 1.165) is 0 Å². The summed E-state index contributed by atoms with van der Waals surface area (Å²) < 4.78 is 0. The van der Waals surface area contributed by atoms with Gasteiger partial charge in [0, 0.05) is 0 Å². The lowest BCUT2D eigenvalue weighted by Crippen LogP contribution is -2.36. The standard InChI is InChI=1S/C8H14N8/c9-7(15-11)13-5-2-1-3-6(4-5)14-8(10)16-12/h1-4H,11-12H2,(H3,9,13,15)(H3,10,14,16). The van der Waals surface area contributed by atoms with E-state index in [1.54, 1.807) is 24.3 Å². The number of nitrogens with zero attached hydrogens (tertiary/aromatic N) is 2. The smallest absolute Gasteiger partial charge is 0.208 e. The third kappa shape index (κ3) is 3.44. The first-order valence-corrected chi connectivity index (χ1v) is 4.37. The second kappa shape index (κ2) is 5.53. The van der Waals surface area contributed by atoms with Crippen LogP contribution in [0, 0.1) is 0 Å². The molecule has 1 aromatic carbocycles. The summed E-state index contributed by atoms with van der Waals surface area (Å²) in [7, 11) is 0. The Morgan fingerprint density at radius 1 is 0.938 bits per heavy atom. The minimum Gasteiger partial charge on any atom is -0.369 e. The van der Waals surface area contributed by atoms with Crippen molar-refractivity contribution >= 4 is 23.3 Å². The Balaban J connectivity index is 2.96. The first-order valence-electron chi connectivity index (χ1n) is 4.37. The molecule has 0 bridgehead atoms. The van der Waals surface area contributed by atoms with Crippen LogP contribution in [0.15, 0.2) is 34.3 Å². The van der Waals surface area contributed by atoms with Crippen molar-refractivity contribution in [1.29, 1.82) is 0 Å². The highest BCUT2D eigenvalue weighted by Crippen LogP contribution is 2.19. The van der Waals surface area contributed by atoms with Gasteiger partial charge in [-0.25, -0.2) is 21.7 Å². The molecule has 0 unspecified atom stereocenters.